The van der Waals surface area contributed by atoms with E-state index in [1.807, 2.05) is 6.07 Å². The molecular formula is C28H27Cl2N5O4. The molecule has 9 nitrogen and oxygen atoms in total. The highest BCUT2D eigenvalue weighted by Gasteiger charge is 2.38. The average Bonchev–Trinajstić information content (AvgIpc) is 3.38. The minimum atomic E-state index is -0.708. The van der Waals surface area contributed by atoms with Crippen molar-refractivity contribution in [2.45, 2.75) is 51.3 Å². The third-order valence-electron chi connectivity index (χ3n) is 6.27. The fourth-order valence-electron chi connectivity index (χ4n) is 4.43. The Morgan fingerprint density at radius 2 is 1.77 bits per heavy atom. The van der Waals surface area contributed by atoms with Gasteiger partial charge in [-0.05, 0) is 76.1 Å². The number of rotatable bonds is 4. The third kappa shape index (κ3) is 6.32. The van der Waals surface area contributed by atoms with Crippen molar-refractivity contribution in [1.29, 1.82) is 0 Å². The van der Waals surface area contributed by atoms with Gasteiger partial charge in [-0.25, -0.2) is 4.79 Å². The molecule has 1 fully saturated rings. The van der Waals surface area contributed by atoms with Crippen LogP contribution >= 0.6 is 23.2 Å². The zero-order valence-corrected chi connectivity index (χ0v) is 23.2. The number of benzene rings is 2. The van der Waals surface area contributed by atoms with Crippen LogP contribution < -0.4 is 5.32 Å². The van der Waals surface area contributed by atoms with E-state index in [0.717, 1.165) is 5.39 Å². The molecule has 1 aliphatic heterocycles. The number of nitrogens with zero attached hydrogens (tertiary/aromatic N) is 4. The Hall–Kier alpha value is -3.69. The molecule has 39 heavy (non-hydrogen) atoms. The number of aromatic nitrogens is 3. The summed E-state index contributed by atoms with van der Waals surface area (Å²) in [6.45, 7) is 5.61. The minimum Gasteiger partial charge on any atom is -0.444 e. The van der Waals surface area contributed by atoms with E-state index in [0.29, 0.717) is 51.3 Å². The highest BCUT2D eigenvalue weighted by atomic mass is 35.5. The SMILES string of the molecule is CC(C)(C)OC(=O)N1CC(NC(=O)c2cnc3cc(Cl)ccc3c2)CCC1c1nnc(-c2ccc(Cl)cc2)o1. The molecule has 2 aromatic heterocycles. The van der Waals surface area contributed by atoms with Crippen LogP contribution in [0.4, 0.5) is 4.79 Å². The van der Waals surface area contributed by atoms with Crippen LogP contribution in [0.3, 0.4) is 0 Å². The minimum absolute atomic E-state index is 0.209. The summed E-state index contributed by atoms with van der Waals surface area (Å²) in [5, 5.41) is 13.4. The van der Waals surface area contributed by atoms with Gasteiger partial charge in [-0.2, -0.15) is 0 Å². The molecule has 2 aromatic carbocycles. The molecule has 2 unspecified atom stereocenters. The Morgan fingerprint density at radius 3 is 2.51 bits per heavy atom. The summed E-state index contributed by atoms with van der Waals surface area (Å²) < 4.78 is 11.7. The van der Waals surface area contributed by atoms with Crippen LogP contribution in [0.25, 0.3) is 22.4 Å². The largest absolute Gasteiger partial charge is 0.444 e. The summed E-state index contributed by atoms with van der Waals surface area (Å²) in [6, 6.07) is 13.3. The summed E-state index contributed by atoms with van der Waals surface area (Å²) in [6.07, 6.45) is 2.07. The standard InChI is InChI=1S/C28H27Cl2N5O4/c1-28(2,3)39-27(37)35-15-21(32-24(36)18-12-17-6-9-20(30)13-22(17)31-14-18)10-11-23(35)26-34-33-25(38-26)16-4-7-19(29)8-5-16/h4-9,12-14,21,23H,10-11,15H2,1-3H3,(H,32,36). The molecule has 4 aromatic rings. The number of piperidine rings is 1. The maximum atomic E-state index is 13.3. The van der Waals surface area contributed by atoms with Crippen LogP contribution in [0.2, 0.25) is 10.0 Å². The Kier molecular flexibility index (Phi) is 7.46. The molecule has 5 rings (SSSR count). The van der Waals surface area contributed by atoms with Gasteiger partial charge in [0.2, 0.25) is 11.8 Å². The van der Waals surface area contributed by atoms with Gasteiger partial charge in [0.15, 0.2) is 0 Å². The van der Waals surface area contributed by atoms with Crippen molar-refractivity contribution in [2.75, 3.05) is 6.54 Å². The van der Waals surface area contributed by atoms with Crippen LogP contribution in [0.1, 0.15) is 55.9 Å². The predicted octanol–water partition coefficient (Wildman–Crippen LogP) is 6.46. The first kappa shape index (κ1) is 26.9. The molecule has 11 heteroatoms. The number of carbonyl (C=O) groups is 2. The van der Waals surface area contributed by atoms with Crippen molar-refractivity contribution in [3.05, 3.63) is 76.2 Å². The molecule has 1 saturated heterocycles. The summed E-state index contributed by atoms with van der Waals surface area (Å²) >= 11 is 12.0. The van der Waals surface area contributed by atoms with E-state index in [9.17, 15) is 9.59 Å². The predicted molar refractivity (Wildman–Crippen MR) is 148 cm³/mol. The Labute approximate surface area is 235 Å². The second kappa shape index (κ2) is 10.8. The van der Waals surface area contributed by atoms with Crippen molar-refractivity contribution in [3.8, 4) is 11.5 Å². The van der Waals surface area contributed by atoms with Crippen molar-refractivity contribution >= 4 is 46.1 Å². The van der Waals surface area contributed by atoms with Crippen LogP contribution in [0.15, 0.2) is 59.1 Å². The van der Waals surface area contributed by atoms with E-state index in [-0.39, 0.29) is 18.5 Å². The van der Waals surface area contributed by atoms with Gasteiger partial charge in [-0.1, -0.05) is 29.3 Å². The van der Waals surface area contributed by atoms with Gasteiger partial charge in [0.1, 0.15) is 11.6 Å². The van der Waals surface area contributed by atoms with Gasteiger partial charge in [-0.3, -0.25) is 14.7 Å². The molecule has 2 atom stereocenters. The second-order valence-electron chi connectivity index (χ2n) is 10.4. The van der Waals surface area contributed by atoms with Crippen LogP contribution in [-0.2, 0) is 4.74 Å². The number of fused-ring (bicyclic) bond motifs is 1. The fourth-order valence-corrected chi connectivity index (χ4v) is 4.73. The van der Waals surface area contributed by atoms with E-state index < -0.39 is 17.7 Å². The first-order valence-corrected chi connectivity index (χ1v) is 13.3. The lowest BCUT2D eigenvalue weighted by Crippen LogP contribution is -2.52. The lowest BCUT2D eigenvalue weighted by atomic mass is 9.98. The molecule has 0 aliphatic carbocycles. The van der Waals surface area contributed by atoms with Crippen molar-refractivity contribution < 1.29 is 18.7 Å². The second-order valence-corrected chi connectivity index (χ2v) is 11.3. The summed E-state index contributed by atoms with van der Waals surface area (Å²) in [4.78, 5) is 32.3. The molecule has 0 bridgehead atoms. The van der Waals surface area contributed by atoms with Gasteiger partial charge in [0.25, 0.3) is 5.91 Å². The van der Waals surface area contributed by atoms with E-state index in [4.69, 9.17) is 32.4 Å². The topological polar surface area (TPSA) is 110 Å². The monoisotopic (exact) mass is 567 g/mol. The molecule has 3 heterocycles. The summed E-state index contributed by atoms with van der Waals surface area (Å²) in [5.74, 6) is 0.342. The highest BCUT2D eigenvalue weighted by Crippen LogP contribution is 2.33. The number of hydrogen-bond donors (Lipinski definition) is 1. The lowest BCUT2D eigenvalue weighted by molar-refractivity contribution is 0.00191. The summed E-state index contributed by atoms with van der Waals surface area (Å²) in [7, 11) is 0. The number of ether oxygens (including phenoxy) is 1. The molecule has 202 valence electrons. The van der Waals surface area contributed by atoms with E-state index in [2.05, 4.69) is 20.5 Å². The zero-order chi connectivity index (χ0) is 27.7. The molecule has 0 spiro atoms. The molecule has 0 saturated carbocycles. The highest BCUT2D eigenvalue weighted by molar-refractivity contribution is 6.31. The first-order chi connectivity index (χ1) is 18.6. The van der Waals surface area contributed by atoms with Crippen molar-refractivity contribution in [1.82, 2.24) is 25.4 Å². The number of nitrogens with one attached hydrogen (secondary N) is 1. The normalized spacial score (nSPS) is 17.7. The number of pyridine rings is 1. The van der Waals surface area contributed by atoms with Crippen LogP contribution in [-0.4, -0.2) is 50.3 Å². The van der Waals surface area contributed by atoms with E-state index in [1.54, 1.807) is 68.1 Å². The Morgan fingerprint density at radius 1 is 1.03 bits per heavy atom. The maximum absolute atomic E-state index is 13.3. The molecule has 0 radical (unpaired) electrons. The first-order valence-electron chi connectivity index (χ1n) is 12.5. The van der Waals surface area contributed by atoms with Crippen molar-refractivity contribution in [2.24, 2.45) is 0 Å². The van der Waals surface area contributed by atoms with E-state index >= 15 is 0 Å². The van der Waals surface area contributed by atoms with Crippen LogP contribution in [0, 0.1) is 0 Å². The van der Waals surface area contributed by atoms with E-state index in [1.165, 1.54) is 6.20 Å². The van der Waals surface area contributed by atoms with Gasteiger partial charge in [-0.15, -0.1) is 10.2 Å². The number of likely N-dealkylation sites (tertiary alicyclic amines) is 1. The average molecular weight is 568 g/mol. The third-order valence-corrected chi connectivity index (χ3v) is 6.76. The number of halogens is 2. The van der Waals surface area contributed by atoms with Gasteiger partial charge >= 0.3 is 6.09 Å². The Balaban J connectivity index is 1.34. The quantitative estimate of drug-likeness (QED) is 0.301. The van der Waals surface area contributed by atoms with Gasteiger partial charge < -0.3 is 14.5 Å². The smallest absolute Gasteiger partial charge is 0.411 e. The summed E-state index contributed by atoms with van der Waals surface area (Å²) in [5.41, 5.74) is 1.13. The molecule has 1 aliphatic rings. The maximum Gasteiger partial charge on any atom is 0.411 e. The number of hydrogen-bond acceptors (Lipinski definition) is 7. The Bertz CT molecular complexity index is 1520. The lowest BCUT2D eigenvalue weighted by Gasteiger charge is -2.38. The van der Waals surface area contributed by atoms with Crippen molar-refractivity contribution in [3.63, 3.8) is 0 Å². The van der Waals surface area contributed by atoms with Gasteiger partial charge in [0.05, 0.1) is 11.1 Å². The number of carbonyl (C=O) groups excluding carboxylic acids is 2. The molecule has 1 N–H and O–H groups in total. The molecular weight excluding hydrogens is 541 g/mol. The number of amides is 2. The van der Waals surface area contributed by atoms with Crippen LogP contribution in [0.5, 0.6) is 0 Å². The zero-order valence-electron chi connectivity index (χ0n) is 21.6. The molecule has 2 amide bonds. The fraction of sp³-hybridized carbons (Fsp3) is 0.321. The van der Waals surface area contributed by atoms with Gasteiger partial charge in [0, 0.05) is 39.8 Å².